The Morgan fingerprint density at radius 1 is 1.10 bits per heavy atom. The second kappa shape index (κ2) is 9.97. The fourth-order valence-corrected chi connectivity index (χ4v) is 2.36. The van der Waals surface area contributed by atoms with E-state index in [1.54, 1.807) is 6.07 Å². The van der Waals surface area contributed by atoms with E-state index in [1.807, 2.05) is 20.8 Å². The normalized spacial score (nSPS) is 12.2. The Morgan fingerprint density at radius 3 is 2.34 bits per heavy atom. The maximum Gasteiger partial charge on any atom is 0.333 e. The van der Waals surface area contributed by atoms with Crippen molar-refractivity contribution < 1.29 is 28.2 Å². The van der Waals surface area contributed by atoms with Crippen LogP contribution in [0.4, 0.5) is 4.39 Å². The molecule has 0 aliphatic rings. The van der Waals surface area contributed by atoms with E-state index in [1.165, 1.54) is 43.6 Å². The molecule has 0 aliphatic carbocycles. The highest BCUT2D eigenvalue weighted by atomic mass is 19.1. The molecule has 1 amide bonds. The molecule has 1 unspecified atom stereocenters. The molecule has 1 atom stereocenters. The van der Waals surface area contributed by atoms with Gasteiger partial charge in [-0.2, -0.15) is 0 Å². The predicted molar refractivity (Wildman–Crippen MR) is 104 cm³/mol. The van der Waals surface area contributed by atoms with Crippen molar-refractivity contribution in [2.45, 2.75) is 32.4 Å². The summed E-state index contributed by atoms with van der Waals surface area (Å²) >= 11 is 0. The number of nitrogens with zero attached hydrogens (tertiary/aromatic N) is 1. The van der Waals surface area contributed by atoms with E-state index in [9.17, 15) is 14.0 Å². The molecule has 0 fully saturated rings. The van der Waals surface area contributed by atoms with Gasteiger partial charge in [-0.25, -0.2) is 14.2 Å². The first-order chi connectivity index (χ1) is 13.7. The SMILES string of the molecule is COC(=O)C(NC(=O)c1ccc(OCCOC(C)(C)C)nc1)c1ccc(F)cc1. The molecule has 0 saturated heterocycles. The molecule has 1 N–H and O–H groups in total. The summed E-state index contributed by atoms with van der Waals surface area (Å²) in [6.07, 6.45) is 1.34. The monoisotopic (exact) mass is 404 g/mol. The fourth-order valence-electron chi connectivity index (χ4n) is 2.36. The molecule has 156 valence electrons. The Bertz CT molecular complexity index is 816. The van der Waals surface area contributed by atoms with Crippen LogP contribution in [-0.2, 0) is 14.3 Å². The van der Waals surface area contributed by atoms with Gasteiger partial charge in [0.2, 0.25) is 5.88 Å². The number of carbonyl (C=O) groups is 2. The van der Waals surface area contributed by atoms with Crippen LogP contribution in [0.2, 0.25) is 0 Å². The van der Waals surface area contributed by atoms with Crippen LogP contribution < -0.4 is 10.1 Å². The number of aromatic nitrogens is 1. The molecule has 2 aromatic rings. The van der Waals surface area contributed by atoms with Crippen molar-refractivity contribution in [3.63, 3.8) is 0 Å². The smallest absolute Gasteiger partial charge is 0.333 e. The molecule has 8 heteroatoms. The molecule has 2 rings (SSSR count). The molecule has 1 aromatic carbocycles. The van der Waals surface area contributed by atoms with Crippen molar-refractivity contribution in [3.8, 4) is 5.88 Å². The number of amides is 1. The number of pyridine rings is 1. The first-order valence-electron chi connectivity index (χ1n) is 9.06. The standard InChI is InChI=1S/C21H25FN2O5/c1-21(2,3)29-12-11-28-17-10-7-15(13-23-17)19(25)24-18(20(26)27-4)14-5-8-16(22)9-6-14/h5-10,13,18H,11-12H2,1-4H3,(H,24,25). The van der Waals surface area contributed by atoms with Crippen molar-refractivity contribution in [1.82, 2.24) is 10.3 Å². The molecule has 29 heavy (non-hydrogen) atoms. The zero-order chi connectivity index (χ0) is 21.4. The summed E-state index contributed by atoms with van der Waals surface area (Å²) in [5, 5.41) is 2.57. The number of rotatable bonds is 8. The lowest BCUT2D eigenvalue weighted by Crippen LogP contribution is -2.34. The van der Waals surface area contributed by atoms with Crippen LogP contribution in [-0.4, -0.2) is 42.8 Å². The van der Waals surface area contributed by atoms with Crippen LogP contribution in [0, 0.1) is 5.82 Å². The molecule has 7 nitrogen and oxygen atoms in total. The number of esters is 1. The number of benzene rings is 1. The quantitative estimate of drug-likeness (QED) is 0.538. The van der Waals surface area contributed by atoms with Crippen LogP contribution in [0.5, 0.6) is 5.88 Å². The van der Waals surface area contributed by atoms with Crippen molar-refractivity contribution >= 4 is 11.9 Å². The average molecular weight is 404 g/mol. The summed E-state index contributed by atoms with van der Waals surface area (Å²) in [6, 6.07) is 7.23. The molecular formula is C21H25FN2O5. The first-order valence-corrected chi connectivity index (χ1v) is 9.06. The van der Waals surface area contributed by atoms with E-state index in [-0.39, 0.29) is 11.2 Å². The van der Waals surface area contributed by atoms with Crippen LogP contribution in [0.15, 0.2) is 42.6 Å². The minimum Gasteiger partial charge on any atom is -0.475 e. The molecule has 0 aliphatic heterocycles. The predicted octanol–water partition coefficient (Wildman–Crippen LogP) is 3.06. The fraction of sp³-hybridized carbons (Fsp3) is 0.381. The minimum absolute atomic E-state index is 0.235. The zero-order valence-electron chi connectivity index (χ0n) is 16.9. The van der Waals surface area contributed by atoms with Crippen molar-refractivity contribution in [1.29, 1.82) is 0 Å². The molecule has 0 radical (unpaired) electrons. The van der Waals surface area contributed by atoms with Gasteiger partial charge in [-0.3, -0.25) is 4.79 Å². The van der Waals surface area contributed by atoms with Gasteiger partial charge in [-0.1, -0.05) is 12.1 Å². The van der Waals surface area contributed by atoms with Gasteiger partial charge in [0, 0.05) is 12.3 Å². The molecule has 1 aromatic heterocycles. The molecule has 0 saturated carbocycles. The van der Waals surface area contributed by atoms with Crippen molar-refractivity contribution in [2.75, 3.05) is 20.3 Å². The minimum atomic E-state index is -1.07. The van der Waals surface area contributed by atoms with E-state index in [4.69, 9.17) is 14.2 Å². The first kappa shape index (κ1) is 22.3. The molecule has 0 spiro atoms. The summed E-state index contributed by atoms with van der Waals surface area (Å²) in [7, 11) is 1.21. The lowest BCUT2D eigenvalue weighted by Gasteiger charge is -2.19. The van der Waals surface area contributed by atoms with Crippen LogP contribution >= 0.6 is 0 Å². The maximum absolute atomic E-state index is 13.1. The Kier molecular flexibility index (Phi) is 7.67. The lowest BCUT2D eigenvalue weighted by molar-refractivity contribution is -0.143. The average Bonchev–Trinajstić information content (AvgIpc) is 2.69. The largest absolute Gasteiger partial charge is 0.475 e. The van der Waals surface area contributed by atoms with Crippen LogP contribution in [0.3, 0.4) is 0 Å². The number of methoxy groups -OCH3 is 1. The van der Waals surface area contributed by atoms with Gasteiger partial charge in [0.1, 0.15) is 12.4 Å². The van der Waals surface area contributed by atoms with E-state index >= 15 is 0 Å². The summed E-state index contributed by atoms with van der Waals surface area (Å²) in [5.74, 6) is -1.30. The molecule has 0 bridgehead atoms. The summed E-state index contributed by atoms with van der Waals surface area (Å²) in [6.45, 7) is 6.58. The van der Waals surface area contributed by atoms with Gasteiger partial charge in [-0.15, -0.1) is 0 Å². The van der Waals surface area contributed by atoms with E-state index in [2.05, 4.69) is 10.3 Å². The van der Waals surface area contributed by atoms with E-state index in [0.29, 0.717) is 24.7 Å². The van der Waals surface area contributed by atoms with Gasteiger partial charge in [0.05, 0.1) is 24.9 Å². The second-order valence-electron chi connectivity index (χ2n) is 7.18. The Morgan fingerprint density at radius 2 is 1.79 bits per heavy atom. The van der Waals surface area contributed by atoms with Crippen molar-refractivity contribution in [2.24, 2.45) is 0 Å². The lowest BCUT2D eigenvalue weighted by atomic mass is 10.1. The maximum atomic E-state index is 13.1. The van der Waals surface area contributed by atoms with Gasteiger partial charge < -0.3 is 19.5 Å². The van der Waals surface area contributed by atoms with Crippen molar-refractivity contribution in [3.05, 3.63) is 59.5 Å². The molecule has 1 heterocycles. The van der Waals surface area contributed by atoms with Crippen LogP contribution in [0.25, 0.3) is 0 Å². The summed E-state index contributed by atoms with van der Waals surface area (Å²) in [4.78, 5) is 28.6. The van der Waals surface area contributed by atoms with Gasteiger partial charge in [-0.05, 0) is 44.5 Å². The second-order valence-corrected chi connectivity index (χ2v) is 7.18. The summed E-state index contributed by atoms with van der Waals surface area (Å²) in [5.41, 5.74) is 0.386. The number of halogens is 1. The van der Waals surface area contributed by atoms with Gasteiger partial charge >= 0.3 is 5.97 Å². The number of hydrogen-bond donors (Lipinski definition) is 1. The summed E-state index contributed by atoms with van der Waals surface area (Å²) < 4.78 is 28.9. The Balaban J connectivity index is 1.99. The van der Waals surface area contributed by atoms with Gasteiger partial charge in [0.15, 0.2) is 6.04 Å². The third-order valence-corrected chi connectivity index (χ3v) is 3.78. The topological polar surface area (TPSA) is 86.8 Å². The number of hydrogen-bond acceptors (Lipinski definition) is 6. The highest BCUT2D eigenvalue weighted by Gasteiger charge is 2.24. The number of nitrogens with one attached hydrogen (secondary N) is 1. The zero-order valence-corrected chi connectivity index (χ0v) is 16.9. The number of ether oxygens (including phenoxy) is 3. The molecular weight excluding hydrogens is 379 g/mol. The third-order valence-electron chi connectivity index (χ3n) is 3.78. The van der Waals surface area contributed by atoms with E-state index in [0.717, 1.165) is 0 Å². The third kappa shape index (κ3) is 7.15. The number of carbonyl (C=O) groups excluding carboxylic acids is 2. The highest BCUT2D eigenvalue weighted by Crippen LogP contribution is 2.17. The highest BCUT2D eigenvalue weighted by molar-refractivity contribution is 5.96. The Hall–Kier alpha value is -3.00. The van der Waals surface area contributed by atoms with Crippen LogP contribution in [0.1, 0.15) is 42.7 Å². The Labute approximate surface area is 169 Å². The van der Waals surface area contributed by atoms with Gasteiger partial charge in [0.25, 0.3) is 5.91 Å². The van der Waals surface area contributed by atoms with E-state index < -0.39 is 23.7 Å².